The average Bonchev–Trinajstić information content (AvgIpc) is 3.06. The molecule has 2 aliphatic carbocycles. The lowest BCUT2D eigenvalue weighted by Gasteiger charge is -2.45. The van der Waals surface area contributed by atoms with Crippen molar-refractivity contribution in [2.75, 3.05) is 13.7 Å². The molecule has 1 saturated heterocycles. The van der Waals surface area contributed by atoms with Crippen LogP contribution >= 0.6 is 0 Å². The molecule has 0 spiro atoms. The molecule has 6 unspecified atom stereocenters. The van der Waals surface area contributed by atoms with Gasteiger partial charge in [0, 0.05) is 34.2 Å². The Morgan fingerprint density at radius 2 is 1.34 bits per heavy atom. The molecule has 0 bridgehead atoms. The van der Waals surface area contributed by atoms with Crippen molar-refractivity contribution in [3.05, 3.63) is 98.1 Å². The van der Waals surface area contributed by atoms with Gasteiger partial charge in [0.25, 0.3) is 0 Å². The number of phenolic OH excluding ortho intramolecular Hbond substituents is 4. The zero-order valence-electron chi connectivity index (χ0n) is 26.8. The molecule has 7 rings (SSSR count). The van der Waals surface area contributed by atoms with Crippen molar-refractivity contribution in [2.24, 2.45) is 0 Å². The average molecular weight is 685 g/mol. The van der Waals surface area contributed by atoms with Gasteiger partial charge < -0.3 is 50.3 Å². The molecule has 0 saturated carbocycles. The number of rotatable bonds is 4. The summed E-state index contributed by atoms with van der Waals surface area (Å²) < 4.78 is 11.8. The summed E-state index contributed by atoms with van der Waals surface area (Å²) in [6, 6.07) is 9.14. The van der Waals surface area contributed by atoms with E-state index in [4.69, 9.17) is 9.47 Å². The minimum Gasteiger partial charge on any atom is -0.507 e. The van der Waals surface area contributed by atoms with Gasteiger partial charge in [-0.2, -0.15) is 0 Å². The summed E-state index contributed by atoms with van der Waals surface area (Å²) in [7, 11) is 1.25. The van der Waals surface area contributed by atoms with E-state index in [2.05, 4.69) is 0 Å². The summed E-state index contributed by atoms with van der Waals surface area (Å²) in [6.07, 6.45) is -8.43. The first-order valence-electron chi connectivity index (χ1n) is 15.6. The number of aliphatic hydroxyl groups is 4. The van der Waals surface area contributed by atoms with Gasteiger partial charge in [-0.1, -0.05) is 18.2 Å². The van der Waals surface area contributed by atoms with Crippen molar-refractivity contribution in [3.8, 4) is 39.9 Å². The molecule has 1 aliphatic heterocycles. The molecule has 4 aromatic rings. The summed E-state index contributed by atoms with van der Waals surface area (Å²) in [5.41, 5.74) is -1.19. The van der Waals surface area contributed by atoms with E-state index in [0.29, 0.717) is 5.56 Å². The third-order valence-corrected chi connectivity index (χ3v) is 9.90. The van der Waals surface area contributed by atoms with Gasteiger partial charge >= 0.3 is 0 Å². The van der Waals surface area contributed by atoms with Crippen LogP contribution in [-0.4, -0.2) is 102 Å². The zero-order valence-corrected chi connectivity index (χ0v) is 26.8. The molecule has 13 nitrogen and oxygen atoms in total. The van der Waals surface area contributed by atoms with E-state index < -0.39 is 89.0 Å². The lowest BCUT2D eigenvalue weighted by molar-refractivity contribution is -0.232. The second kappa shape index (κ2) is 11.6. The van der Waals surface area contributed by atoms with E-state index in [1.54, 1.807) is 6.92 Å². The number of ether oxygens (including phenoxy) is 2. The van der Waals surface area contributed by atoms with Crippen LogP contribution in [0.3, 0.4) is 0 Å². The lowest BCUT2D eigenvalue weighted by Crippen LogP contribution is -2.60. The highest BCUT2D eigenvalue weighted by Gasteiger charge is 2.52. The summed E-state index contributed by atoms with van der Waals surface area (Å²) in [5, 5.41) is 87.3. The molecular formula is C37H32O13. The minimum atomic E-state index is -1.87. The van der Waals surface area contributed by atoms with E-state index in [9.17, 15) is 55.2 Å². The molecule has 0 aromatic heterocycles. The Labute approximate surface area is 283 Å². The second-order valence-electron chi connectivity index (χ2n) is 12.8. The quantitative estimate of drug-likeness (QED) is 0.136. The molecular weight excluding hydrogens is 652 g/mol. The van der Waals surface area contributed by atoms with Crippen molar-refractivity contribution in [3.63, 3.8) is 0 Å². The van der Waals surface area contributed by atoms with E-state index in [0.717, 1.165) is 6.07 Å². The molecule has 3 aliphatic rings. The van der Waals surface area contributed by atoms with E-state index in [1.165, 1.54) is 50.4 Å². The number of benzene rings is 4. The van der Waals surface area contributed by atoms with Gasteiger partial charge in [-0.3, -0.25) is 14.4 Å². The van der Waals surface area contributed by atoms with Crippen LogP contribution in [0.4, 0.5) is 0 Å². The van der Waals surface area contributed by atoms with Gasteiger partial charge in [0.2, 0.25) is 11.6 Å². The topological polar surface area (TPSA) is 232 Å². The van der Waals surface area contributed by atoms with Gasteiger partial charge in [-0.05, 0) is 54.3 Å². The largest absolute Gasteiger partial charge is 0.507 e. The van der Waals surface area contributed by atoms with Crippen molar-refractivity contribution in [1.29, 1.82) is 0 Å². The molecule has 50 heavy (non-hydrogen) atoms. The summed E-state index contributed by atoms with van der Waals surface area (Å²) in [5.74, 6) is -6.07. The third kappa shape index (κ3) is 4.48. The SMILES string of the molecule is COc1cc(O)c2c(c1-c1c(C)cc(O)c3c1C(=O)c1cccc(O)c1C3=O)C(C1OC(CO)C(O)C(O)C1O)c1cc(C)cc(O)c1C2=O. The molecule has 13 heteroatoms. The minimum absolute atomic E-state index is 0.000887. The van der Waals surface area contributed by atoms with Gasteiger partial charge in [0.15, 0.2) is 5.78 Å². The van der Waals surface area contributed by atoms with Crippen molar-refractivity contribution >= 4 is 17.3 Å². The van der Waals surface area contributed by atoms with Crippen LogP contribution in [0.15, 0.2) is 42.5 Å². The van der Waals surface area contributed by atoms with Gasteiger partial charge in [-0.15, -0.1) is 0 Å². The Hall–Kier alpha value is -5.31. The first-order chi connectivity index (χ1) is 23.7. The monoisotopic (exact) mass is 684 g/mol. The van der Waals surface area contributed by atoms with Crippen molar-refractivity contribution < 1.29 is 64.7 Å². The molecule has 0 radical (unpaired) electrons. The van der Waals surface area contributed by atoms with Crippen LogP contribution in [0.25, 0.3) is 11.1 Å². The van der Waals surface area contributed by atoms with Crippen LogP contribution < -0.4 is 4.74 Å². The van der Waals surface area contributed by atoms with Gasteiger partial charge in [0.05, 0.1) is 42.1 Å². The Morgan fingerprint density at radius 1 is 0.680 bits per heavy atom. The Bertz CT molecular complexity index is 2170. The van der Waals surface area contributed by atoms with Gasteiger partial charge in [0.1, 0.15) is 53.2 Å². The number of ketones is 3. The van der Waals surface area contributed by atoms with Crippen LogP contribution in [0.1, 0.15) is 75.9 Å². The number of phenols is 4. The van der Waals surface area contributed by atoms with Gasteiger partial charge in [-0.25, -0.2) is 0 Å². The number of hydrogen-bond acceptors (Lipinski definition) is 13. The van der Waals surface area contributed by atoms with Crippen LogP contribution in [0, 0.1) is 13.8 Å². The first kappa shape index (κ1) is 33.2. The number of methoxy groups -OCH3 is 1. The maximum Gasteiger partial charge on any atom is 0.201 e. The van der Waals surface area contributed by atoms with Crippen LogP contribution in [-0.2, 0) is 4.74 Å². The third-order valence-electron chi connectivity index (χ3n) is 9.90. The molecule has 1 heterocycles. The Kier molecular flexibility index (Phi) is 7.73. The molecule has 0 amide bonds. The maximum absolute atomic E-state index is 14.4. The van der Waals surface area contributed by atoms with Crippen LogP contribution in [0.5, 0.6) is 28.7 Å². The maximum atomic E-state index is 14.4. The molecule has 258 valence electrons. The second-order valence-corrected chi connectivity index (χ2v) is 12.8. The number of aryl methyl sites for hydroxylation is 2. The fourth-order valence-corrected chi connectivity index (χ4v) is 7.75. The standard InChI is InChI=1S/C37H32O13/c1-12-7-15-24(17(40)8-12)34(46)26-19(42)10-20(49-3)28(29(26)25(15)37-36(48)35(47)32(44)21(11-38)50-37)22-13(2)9-18(41)27-30(22)31(43)14-5-4-6-16(39)23(14)33(27)45/h4-10,21,25,32,35-42,44,47-48H,11H2,1-3H3. The highest BCUT2D eigenvalue weighted by Crippen LogP contribution is 2.55. The number of aromatic hydroxyl groups is 4. The Morgan fingerprint density at radius 3 is 2.02 bits per heavy atom. The zero-order chi connectivity index (χ0) is 36.1. The van der Waals surface area contributed by atoms with E-state index in [1.807, 2.05) is 0 Å². The number of carbonyl (C=O) groups excluding carboxylic acids is 3. The van der Waals surface area contributed by atoms with Crippen molar-refractivity contribution in [1.82, 2.24) is 0 Å². The van der Waals surface area contributed by atoms with E-state index in [-0.39, 0.29) is 61.4 Å². The molecule has 4 aromatic carbocycles. The molecule has 8 N–H and O–H groups in total. The smallest absolute Gasteiger partial charge is 0.201 e. The highest BCUT2D eigenvalue weighted by atomic mass is 16.5. The number of carbonyl (C=O) groups is 3. The predicted octanol–water partition coefficient (Wildman–Crippen LogP) is 2.10. The summed E-state index contributed by atoms with van der Waals surface area (Å²) in [4.78, 5) is 42.6. The number of hydrogen-bond donors (Lipinski definition) is 8. The predicted molar refractivity (Wildman–Crippen MR) is 173 cm³/mol. The normalized spacial score (nSPS) is 23.9. The molecule has 1 fully saturated rings. The molecule has 6 atom stereocenters. The highest BCUT2D eigenvalue weighted by molar-refractivity contribution is 6.32. The Balaban J connectivity index is 1.63. The fraction of sp³-hybridized carbons (Fsp3) is 0.270. The summed E-state index contributed by atoms with van der Waals surface area (Å²) in [6.45, 7) is 2.38. The summed E-state index contributed by atoms with van der Waals surface area (Å²) >= 11 is 0. The van der Waals surface area contributed by atoms with E-state index >= 15 is 0 Å². The number of fused-ring (bicyclic) bond motifs is 4. The first-order valence-corrected chi connectivity index (χ1v) is 15.6. The van der Waals surface area contributed by atoms with Crippen molar-refractivity contribution in [2.45, 2.75) is 50.3 Å². The fourth-order valence-electron chi connectivity index (χ4n) is 7.75. The lowest BCUT2D eigenvalue weighted by atomic mass is 9.67. The number of aliphatic hydroxyl groups excluding tert-OH is 4. The van der Waals surface area contributed by atoms with Crippen LogP contribution in [0.2, 0.25) is 0 Å².